The number of aliphatic hydroxyl groups is 3. The van der Waals surface area contributed by atoms with Gasteiger partial charge in [0.05, 0.1) is 5.56 Å². The largest absolute Gasteiger partial charge is 0.508 e. The molecule has 0 aliphatic heterocycles. The number of phenols is 1. The van der Waals surface area contributed by atoms with E-state index >= 15 is 0 Å². The normalized spacial score (nSPS) is 25.6. The van der Waals surface area contributed by atoms with Gasteiger partial charge in [0.1, 0.15) is 22.8 Å². The minimum Gasteiger partial charge on any atom is -0.508 e. The summed E-state index contributed by atoms with van der Waals surface area (Å²) in [5.74, 6) is -6.32. The zero-order valence-corrected chi connectivity index (χ0v) is 19.6. The number of phenolic OH excluding ortho intramolecular Hbond substituents is 1. The molecule has 36 heavy (non-hydrogen) atoms. The Morgan fingerprint density at radius 2 is 1.81 bits per heavy atom. The summed E-state index contributed by atoms with van der Waals surface area (Å²) >= 11 is 1.57. The Bertz CT molecular complexity index is 1560. The number of hydrogen-bond donors (Lipinski definition) is 5. The molecule has 9 heteroatoms. The molecule has 1 heterocycles. The van der Waals surface area contributed by atoms with Crippen molar-refractivity contribution in [3.05, 3.63) is 70.5 Å². The highest BCUT2D eigenvalue weighted by atomic mass is 32.1. The highest BCUT2D eigenvalue weighted by Crippen LogP contribution is 2.53. The first-order valence-electron chi connectivity index (χ1n) is 11.4. The number of thiophene rings is 1. The third kappa shape index (κ3) is 2.87. The number of ketones is 2. The SMILES string of the molecule is NC(=O)C1=C(O)[C@@]2(O)C(=O)C3=C(O)c4c(O)ccc(-c5cc6ccccc6s5)c4C[C@H]3C[C@H]2CC1=O. The molecule has 0 spiro atoms. The van der Waals surface area contributed by atoms with Crippen molar-refractivity contribution in [1.82, 2.24) is 0 Å². The molecule has 3 aliphatic rings. The van der Waals surface area contributed by atoms with E-state index < -0.39 is 52.0 Å². The number of amides is 1. The summed E-state index contributed by atoms with van der Waals surface area (Å²) < 4.78 is 1.08. The van der Waals surface area contributed by atoms with Crippen LogP contribution in [0.25, 0.3) is 26.3 Å². The molecule has 3 aromatic rings. The van der Waals surface area contributed by atoms with Crippen molar-refractivity contribution in [2.75, 3.05) is 0 Å². The Kier molecular flexibility index (Phi) is 4.70. The van der Waals surface area contributed by atoms with E-state index in [1.165, 1.54) is 6.07 Å². The van der Waals surface area contributed by atoms with Gasteiger partial charge in [-0.15, -0.1) is 11.3 Å². The van der Waals surface area contributed by atoms with Gasteiger partial charge >= 0.3 is 0 Å². The highest BCUT2D eigenvalue weighted by Gasteiger charge is 2.60. The second-order valence-corrected chi connectivity index (χ2v) is 10.6. The standard InChI is InChI=1S/C27H21NO7S/c28-26(34)22-17(30)10-13-7-12-8-15-14(19-9-11-3-1-2-4-18(11)36-19)5-6-16(29)21(15)23(31)20(12)24(32)27(13,35)25(22)33/h1-6,9,12-13,29,31,33,35H,7-8,10H2,(H2,28,34)/t12-,13+,27+/m1/s1. The Labute approximate surface area is 208 Å². The number of fused-ring (bicyclic) bond motifs is 4. The van der Waals surface area contributed by atoms with E-state index in [0.29, 0.717) is 5.56 Å². The zero-order chi connectivity index (χ0) is 25.5. The van der Waals surface area contributed by atoms with Crippen molar-refractivity contribution in [2.24, 2.45) is 17.6 Å². The van der Waals surface area contributed by atoms with Gasteiger partial charge in [0, 0.05) is 27.5 Å². The quantitative estimate of drug-likeness (QED) is 0.336. The molecule has 0 bridgehead atoms. The topological polar surface area (TPSA) is 158 Å². The van der Waals surface area contributed by atoms with Crippen LogP contribution in [0, 0.1) is 11.8 Å². The van der Waals surface area contributed by atoms with Crippen molar-refractivity contribution in [3.63, 3.8) is 0 Å². The monoisotopic (exact) mass is 503 g/mol. The predicted molar refractivity (Wildman–Crippen MR) is 132 cm³/mol. The number of aliphatic hydroxyl groups excluding tert-OH is 2. The van der Waals surface area contributed by atoms with E-state index in [1.807, 2.05) is 30.3 Å². The number of hydrogen-bond acceptors (Lipinski definition) is 8. The molecule has 3 aliphatic carbocycles. The number of primary amides is 1. The average Bonchev–Trinajstić information content (AvgIpc) is 3.25. The van der Waals surface area contributed by atoms with Crippen LogP contribution in [0.5, 0.6) is 5.75 Å². The maximum Gasteiger partial charge on any atom is 0.255 e. The number of carbonyl (C=O) groups is 3. The Morgan fingerprint density at radius 1 is 1.06 bits per heavy atom. The van der Waals surface area contributed by atoms with Crippen molar-refractivity contribution in [1.29, 1.82) is 0 Å². The third-order valence-electron chi connectivity index (χ3n) is 7.64. The van der Waals surface area contributed by atoms with E-state index in [1.54, 1.807) is 17.4 Å². The van der Waals surface area contributed by atoms with Crippen LogP contribution in [0.1, 0.15) is 24.0 Å². The first kappa shape index (κ1) is 22.5. The number of nitrogens with two attached hydrogens (primary N) is 1. The van der Waals surface area contributed by atoms with E-state index in [4.69, 9.17) is 5.73 Å². The Balaban J connectivity index is 1.54. The second-order valence-electron chi connectivity index (χ2n) is 9.54. The highest BCUT2D eigenvalue weighted by molar-refractivity contribution is 7.22. The molecule has 0 unspecified atom stereocenters. The number of aromatic hydroxyl groups is 1. The maximum absolute atomic E-state index is 13.6. The molecule has 1 amide bonds. The Morgan fingerprint density at radius 3 is 2.53 bits per heavy atom. The molecule has 0 saturated heterocycles. The first-order valence-corrected chi connectivity index (χ1v) is 12.3. The van der Waals surface area contributed by atoms with Gasteiger partial charge in [-0.25, -0.2) is 0 Å². The molecule has 2 aromatic carbocycles. The number of rotatable bonds is 2. The van der Waals surface area contributed by atoms with Gasteiger partial charge in [-0.1, -0.05) is 18.2 Å². The van der Waals surface area contributed by atoms with Crippen LogP contribution < -0.4 is 5.73 Å². The summed E-state index contributed by atoms with van der Waals surface area (Å²) in [7, 11) is 0. The lowest BCUT2D eigenvalue weighted by Gasteiger charge is -2.46. The molecule has 182 valence electrons. The number of Topliss-reactive ketones (excluding diaryl/α,β-unsaturated/α-hetero) is 2. The van der Waals surface area contributed by atoms with Gasteiger partial charge in [0.15, 0.2) is 11.4 Å². The molecule has 1 saturated carbocycles. The van der Waals surface area contributed by atoms with Crippen LogP contribution in [-0.2, 0) is 20.8 Å². The van der Waals surface area contributed by atoms with Crippen molar-refractivity contribution < 1.29 is 34.8 Å². The van der Waals surface area contributed by atoms with Crippen LogP contribution in [-0.4, -0.2) is 43.5 Å². The number of benzene rings is 2. The van der Waals surface area contributed by atoms with Crippen LogP contribution in [0.2, 0.25) is 0 Å². The zero-order valence-electron chi connectivity index (χ0n) is 18.8. The lowest BCUT2D eigenvalue weighted by atomic mass is 9.59. The summed E-state index contributed by atoms with van der Waals surface area (Å²) in [6.07, 6.45) is 0.0297. The molecule has 6 N–H and O–H groups in total. The summed E-state index contributed by atoms with van der Waals surface area (Å²) in [5.41, 5.74) is 3.28. The van der Waals surface area contributed by atoms with Gasteiger partial charge in [-0.2, -0.15) is 0 Å². The van der Waals surface area contributed by atoms with Crippen molar-refractivity contribution >= 4 is 44.7 Å². The Hall–Kier alpha value is -3.95. The van der Waals surface area contributed by atoms with E-state index in [-0.39, 0.29) is 36.1 Å². The molecule has 3 atom stereocenters. The van der Waals surface area contributed by atoms with Gasteiger partial charge in [0.25, 0.3) is 5.91 Å². The van der Waals surface area contributed by atoms with Crippen LogP contribution >= 0.6 is 11.3 Å². The molecule has 8 nitrogen and oxygen atoms in total. The van der Waals surface area contributed by atoms with Crippen LogP contribution in [0.15, 0.2) is 59.4 Å². The average molecular weight is 504 g/mol. The van der Waals surface area contributed by atoms with Crippen molar-refractivity contribution in [2.45, 2.75) is 24.9 Å². The molecule has 1 aromatic heterocycles. The number of carbonyl (C=O) groups excluding carboxylic acids is 3. The van der Waals surface area contributed by atoms with Crippen LogP contribution in [0.4, 0.5) is 0 Å². The van der Waals surface area contributed by atoms with Crippen molar-refractivity contribution in [3.8, 4) is 16.2 Å². The van der Waals surface area contributed by atoms with Gasteiger partial charge in [-0.3, -0.25) is 14.4 Å². The van der Waals surface area contributed by atoms with Gasteiger partial charge in [-0.05, 0) is 59.5 Å². The lowest BCUT2D eigenvalue weighted by Crippen LogP contribution is -2.58. The minimum atomic E-state index is -2.56. The van der Waals surface area contributed by atoms with Crippen LogP contribution in [0.3, 0.4) is 0 Å². The smallest absolute Gasteiger partial charge is 0.255 e. The fraction of sp³-hybridized carbons (Fsp3) is 0.222. The van der Waals surface area contributed by atoms with E-state index in [2.05, 4.69) is 0 Å². The molecular formula is C27H21NO7S. The second kappa shape index (κ2) is 7.52. The van der Waals surface area contributed by atoms with E-state index in [0.717, 1.165) is 20.5 Å². The third-order valence-corrected chi connectivity index (χ3v) is 8.79. The lowest BCUT2D eigenvalue weighted by molar-refractivity contribution is -0.147. The molecule has 1 fully saturated rings. The summed E-state index contributed by atoms with van der Waals surface area (Å²) in [6.45, 7) is 0. The molecular weight excluding hydrogens is 482 g/mol. The first-order chi connectivity index (χ1) is 17.1. The van der Waals surface area contributed by atoms with Gasteiger partial charge in [0.2, 0.25) is 5.78 Å². The summed E-state index contributed by atoms with van der Waals surface area (Å²) in [4.78, 5) is 38.8. The summed E-state index contributed by atoms with van der Waals surface area (Å²) in [5, 5.41) is 45.0. The van der Waals surface area contributed by atoms with Gasteiger partial charge < -0.3 is 26.2 Å². The van der Waals surface area contributed by atoms with E-state index in [9.17, 15) is 34.8 Å². The molecule has 6 rings (SSSR count). The fourth-order valence-electron chi connectivity index (χ4n) is 5.97. The predicted octanol–water partition coefficient (Wildman–Crippen LogP) is 3.31. The maximum atomic E-state index is 13.6. The fourth-order valence-corrected chi connectivity index (χ4v) is 7.08. The minimum absolute atomic E-state index is 0.0945. The molecule has 0 radical (unpaired) electrons. The summed E-state index contributed by atoms with van der Waals surface area (Å²) in [6, 6.07) is 13.1.